The number of hydrogen-bond donors (Lipinski definition) is 2. The molecule has 2 heterocycles. The predicted octanol–water partition coefficient (Wildman–Crippen LogP) is 0.796. The van der Waals surface area contributed by atoms with Crippen LogP contribution in [0.15, 0.2) is 33.9 Å². The molecule has 2 aromatic rings. The Kier molecular flexibility index (Phi) is 2.51. The number of hydrogen-bond acceptors (Lipinski definition) is 3. The smallest absolute Gasteiger partial charge is 0.329 e. The molecule has 6 heteroatoms. The zero-order chi connectivity index (χ0) is 13.6. The Morgan fingerprint density at radius 1 is 1.26 bits per heavy atom. The van der Waals surface area contributed by atoms with Gasteiger partial charge in [-0.3, -0.25) is 14.3 Å². The van der Waals surface area contributed by atoms with Crippen LogP contribution in [0.3, 0.4) is 0 Å². The highest BCUT2D eigenvalue weighted by atomic mass is 16.2. The van der Waals surface area contributed by atoms with Gasteiger partial charge in [0, 0.05) is 18.9 Å². The molecule has 0 aliphatic heterocycles. The number of allylic oxidation sites excluding steroid dienone is 4. The summed E-state index contributed by atoms with van der Waals surface area (Å²) in [4.78, 5) is 32.9. The van der Waals surface area contributed by atoms with E-state index < -0.39 is 11.2 Å². The standard InChI is InChI=1S/C13H14N4O2/c1-7(8-5-3-4-6-8)10-14-9-11(15-10)17(2)13(19)16-12(9)18/h3-8H,1-2H3,(H,14,15)(H,16,18,19). The third-order valence-corrected chi connectivity index (χ3v) is 3.56. The van der Waals surface area contributed by atoms with Crippen LogP contribution in [0.5, 0.6) is 0 Å². The average molecular weight is 258 g/mol. The van der Waals surface area contributed by atoms with Crippen molar-refractivity contribution in [1.82, 2.24) is 19.5 Å². The molecule has 0 radical (unpaired) electrons. The van der Waals surface area contributed by atoms with Crippen molar-refractivity contribution in [2.24, 2.45) is 13.0 Å². The fraction of sp³-hybridized carbons (Fsp3) is 0.308. The number of nitrogens with zero attached hydrogens (tertiary/aromatic N) is 2. The van der Waals surface area contributed by atoms with Gasteiger partial charge in [-0.25, -0.2) is 9.78 Å². The lowest BCUT2D eigenvalue weighted by molar-refractivity contribution is 0.621. The highest BCUT2D eigenvalue weighted by Crippen LogP contribution is 2.27. The molecule has 0 amide bonds. The highest BCUT2D eigenvalue weighted by Gasteiger charge is 2.20. The van der Waals surface area contributed by atoms with Crippen molar-refractivity contribution in [3.05, 3.63) is 51.0 Å². The number of rotatable bonds is 2. The van der Waals surface area contributed by atoms with E-state index in [1.165, 1.54) is 4.57 Å². The van der Waals surface area contributed by atoms with Crippen LogP contribution >= 0.6 is 0 Å². The Balaban J connectivity index is 2.17. The van der Waals surface area contributed by atoms with E-state index in [0.29, 0.717) is 17.0 Å². The molecule has 98 valence electrons. The first-order chi connectivity index (χ1) is 9.08. The first kappa shape index (κ1) is 11.7. The van der Waals surface area contributed by atoms with Crippen LogP contribution in [0.4, 0.5) is 0 Å². The SMILES string of the molecule is CC(c1nc2c([nH]1)c(=O)[nH]c(=O)n2C)C1C=CC=C1. The van der Waals surface area contributed by atoms with Crippen molar-refractivity contribution >= 4 is 11.2 Å². The molecular formula is C13H14N4O2. The van der Waals surface area contributed by atoms with Crippen LogP contribution in [0.2, 0.25) is 0 Å². The summed E-state index contributed by atoms with van der Waals surface area (Å²) in [5.41, 5.74) is -0.151. The molecule has 19 heavy (non-hydrogen) atoms. The summed E-state index contributed by atoms with van der Waals surface area (Å²) < 4.78 is 1.34. The Morgan fingerprint density at radius 3 is 2.63 bits per heavy atom. The van der Waals surface area contributed by atoms with Gasteiger partial charge in [0.05, 0.1) is 0 Å². The van der Waals surface area contributed by atoms with Crippen LogP contribution < -0.4 is 11.2 Å². The lowest BCUT2D eigenvalue weighted by Gasteiger charge is -2.12. The van der Waals surface area contributed by atoms with E-state index in [0.717, 1.165) is 0 Å². The Hall–Kier alpha value is -2.37. The molecule has 1 aliphatic carbocycles. The van der Waals surface area contributed by atoms with Crippen molar-refractivity contribution in [2.75, 3.05) is 0 Å². The second kappa shape index (κ2) is 4.08. The zero-order valence-corrected chi connectivity index (χ0v) is 10.7. The lowest BCUT2D eigenvalue weighted by Crippen LogP contribution is -2.28. The Bertz CT molecular complexity index is 794. The van der Waals surface area contributed by atoms with Gasteiger partial charge in [0.2, 0.25) is 0 Å². The molecule has 1 atom stereocenters. The van der Waals surface area contributed by atoms with E-state index in [-0.39, 0.29) is 11.8 Å². The van der Waals surface area contributed by atoms with Gasteiger partial charge in [0.1, 0.15) is 11.3 Å². The molecule has 0 aromatic carbocycles. The predicted molar refractivity (Wildman–Crippen MR) is 72.1 cm³/mol. The first-order valence-corrected chi connectivity index (χ1v) is 6.12. The van der Waals surface area contributed by atoms with Crippen LogP contribution in [0.1, 0.15) is 18.7 Å². The summed E-state index contributed by atoms with van der Waals surface area (Å²) in [5.74, 6) is 1.09. The number of H-pyrrole nitrogens is 2. The summed E-state index contributed by atoms with van der Waals surface area (Å²) in [6, 6.07) is 0. The van der Waals surface area contributed by atoms with Crippen molar-refractivity contribution in [2.45, 2.75) is 12.8 Å². The average Bonchev–Trinajstić information content (AvgIpc) is 3.04. The molecule has 3 rings (SSSR count). The van der Waals surface area contributed by atoms with Gasteiger partial charge in [-0.15, -0.1) is 0 Å². The molecular weight excluding hydrogens is 244 g/mol. The van der Waals surface area contributed by atoms with E-state index >= 15 is 0 Å². The first-order valence-electron chi connectivity index (χ1n) is 6.12. The van der Waals surface area contributed by atoms with Crippen molar-refractivity contribution in [3.8, 4) is 0 Å². The number of aryl methyl sites for hydroxylation is 1. The normalized spacial score (nSPS) is 16.5. The molecule has 0 fully saturated rings. The molecule has 2 aromatic heterocycles. The molecule has 1 aliphatic rings. The van der Waals surface area contributed by atoms with Gasteiger partial charge in [-0.05, 0) is 0 Å². The molecule has 0 spiro atoms. The van der Waals surface area contributed by atoms with E-state index in [1.807, 2.05) is 19.1 Å². The van der Waals surface area contributed by atoms with Gasteiger partial charge in [0.15, 0.2) is 5.65 Å². The van der Waals surface area contributed by atoms with Gasteiger partial charge >= 0.3 is 5.69 Å². The van der Waals surface area contributed by atoms with Crippen molar-refractivity contribution in [1.29, 1.82) is 0 Å². The summed E-state index contributed by atoms with van der Waals surface area (Å²) in [7, 11) is 1.59. The monoisotopic (exact) mass is 258 g/mol. The van der Waals surface area contributed by atoms with Crippen molar-refractivity contribution in [3.63, 3.8) is 0 Å². The van der Waals surface area contributed by atoms with Crippen LogP contribution in [-0.2, 0) is 7.05 Å². The summed E-state index contributed by atoms with van der Waals surface area (Å²) in [5, 5.41) is 0. The molecule has 1 unspecified atom stereocenters. The molecule has 0 saturated heterocycles. The van der Waals surface area contributed by atoms with E-state index in [9.17, 15) is 9.59 Å². The van der Waals surface area contributed by atoms with Gasteiger partial charge < -0.3 is 4.98 Å². The number of aromatic nitrogens is 4. The summed E-state index contributed by atoms with van der Waals surface area (Å²) >= 11 is 0. The van der Waals surface area contributed by atoms with E-state index in [1.54, 1.807) is 7.05 Å². The molecule has 0 bridgehead atoms. The Labute approximate surface area is 108 Å². The van der Waals surface area contributed by atoms with Crippen LogP contribution in [0, 0.1) is 5.92 Å². The molecule has 6 nitrogen and oxygen atoms in total. The third-order valence-electron chi connectivity index (χ3n) is 3.56. The van der Waals surface area contributed by atoms with E-state index in [2.05, 4.69) is 27.1 Å². The minimum absolute atomic E-state index is 0.122. The van der Waals surface area contributed by atoms with Crippen LogP contribution in [-0.4, -0.2) is 19.5 Å². The number of nitrogens with one attached hydrogen (secondary N) is 2. The number of aromatic amines is 2. The number of imidazole rings is 1. The minimum atomic E-state index is -0.455. The maximum Gasteiger partial charge on any atom is 0.329 e. The minimum Gasteiger partial charge on any atom is -0.336 e. The maximum atomic E-state index is 11.7. The van der Waals surface area contributed by atoms with E-state index in [4.69, 9.17) is 0 Å². The Morgan fingerprint density at radius 2 is 1.95 bits per heavy atom. The molecule has 0 saturated carbocycles. The van der Waals surface area contributed by atoms with Crippen molar-refractivity contribution < 1.29 is 0 Å². The second-order valence-electron chi connectivity index (χ2n) is 4.77. The summed E-state index contributed by atoms with van der Waals surface area (Å²) in [6.07, 6.45) is 8.15. The van der Waals surface area contributed by atoms with Gasteiger partial charge in [-0.2, -0.15) is 0 Å². The highest BCUT2D eigenvalue weighted by molar-refractivity contribution is 5.69. The maximum absolute atomic E-state index is 11.7. The van der Waals surface area contributed by atoms with Gasteiger partial charge in [-0.1, -0.05) is 31.2 Å². The fourth-order valence-corrected chi connectivity index (χ4v) is 2.30. The quantitative estimate of drug-likeness (QED) is 0.835. The largest absolute Gasteiger partial charge is 0.336 e. The number of fused-ring (bicyclic) bond motifs is 1. The van der Waals surface area contributed by atoms with Gasteiger partial charge in [0.25, 0.3) is 5.56 Å². The lowest BCUT2D eigenvalue weighted by atomic mass is 9.95. The topological polar surface area (TPSA) is 83.5 Å². The zero-order valence-electron chi connectivity index (χ0n) is 10.7. The third kappa shape index (κ3) is 1.76. The van der Waals surface area contributed by atoms with Crippen LogP contribution in [0.25, 0.3) is 11.2 Å². The fourth-order valence-electron chi connectivity index (χ4n) is 2.30. The summed E-state index contributed by atoms with van der Waals surface area (Å²) in [6.45, 7) is 2.04. The molecule has 2 N–H and O–H groups in total. The second-order valence-corrected chi connectivity index (χ2v) is 4.77.